The van der Waals surface area contributed by atoms with E-state index in [0.717, 1.165) is 19.3 Å². The third kappa shape index (κ3) is 7.95. The molecule has 1 aromatic carbocycles. The molecule has 1 rings (SSSR count). The molecule has 0 aliphatic carbocycles. The summed E-state index contributed by atoms with van der Waals surface area (Å²) in [5.74, 6) is 0. The molecule has 1 aromatic rings. The quantitative estimate of drug-likeness (QED) is 0.487. The minimum Gasteiger partial charge on any atom is -0.397 e. The van der Waals surface area contributed by atoms with Crippen molar-refractivity contribution in [2.24, 2.45) is 0 Å². The summed E-state index contributed by atoms with van der Waals surface area (Å²) in [5, 5.41) is 0. The van der Waals surface area contributed by atoms with Gasteiger partial charge in [-0.05, 0) is 19.4 Å². The summed E-state index contributed by atoms with van der Waals surface area (Å²) in [4.78, 5) is 0. The topological polar surface area (TPSA) is 27.7 Å². The van der Waals surface area contributed by atoms with Crippen LogP contribution in [0.5, 0.6) is 0 Å². The number of hydrogen-bond donors (Lipinski definition) is 0. The van der Waals surface area contributed by atoms with Crippen molar-refractivity contribution < 1.29 is 13.6 Å². The highest BCUT2D eigenvalue weighted by molar-refractivity contribution is 6.44. The molecule has 0 bridgehead atoms. The van der Waals surface area contributed by atoms with E-state index in [9.17, 15) is 0 Å². The van der Waals surface area contributed by atoms with E-state index in [1.807, 2.05) is 38.1 Å². The molecular formula is C15H24O3Si. The van der Waals surface area contributed by atoms with Crippen LogP contribution >= 0.6 is 0 Å². The number of benzene rings is 1. The average Bonchev–Trinajstić information content (AvgIpc) is 2.44. The van der Waals surface area contributed by atoms with Gasteiger partial charge in [0.15, 0.2) is 0 Å². The van der Waals surface area contributed by atoms with Gasteiger partial charge in [-0.2, -0.15) is 0 Å². The second-order valence-corrected chi connectivity index (χ2v) is 6.12. The summed E-state index contributed by atoms with van der Waals surface area (Å²) in [6.45, 7) is 6.80. The van der Waals surface area contributed by atoms with Crippen LogP contribution in [0, 0.1) is 0 Å². The fourth-order valence-corrected chi connectivity index (χ4v) is 3.20. The van der Waals surface area contributed by atoms with Crippen LogP contribution in [0.2, 0.25) is 6.04 Å². The second kappa shape index (κ2) is 10.9. The molecule has 0 fully saturated rings. The first-order valence-electron chi connectivity index (χ1n) is 6.89. The molecule has 0 radical (unpaired) electrons. The second-order valence-electron chi connectivity index (χ2n) is 4.02. The molecule has 0 amide bonds. The lowest BCUT2D eigenvalue weighted by Gasteiger charge is -2.14. The van der Waals surface area contributed by atoms with Gasteiger partial charge in [0.1, 0.15) is 0 Å². The van der Waals surface area contributed by atoms with Gasteiger partial charge in [-0.1, -0.05) is 42.5 Å². The van der Waals surface area contributed by atoms with Crippen molar-refractivity contribution in [3.05, 3.63) is 42.0 Å². The third-order valence-electron chi connectivity index (χ3n) is 2.53. The highest BCUT2D eigenvalue weighted by atomic mass is 28.3. The van der Waals surface area contributed by atoms with Crippen LogP contribution in [0.1, 0.15) is 19.4 Å². The van der Waals surface area contributed by atoms with Crippen molar-refractivity contribution in [3.63, 3.8) is 0 Å². The molecule has 106 valence electrons. The molecule has 0 unspecified atom stereocenters. The minimum atomic E-state index is -1.49. The Hall–Kier alpha value is -0.943. The Balaban J connectivity index is 2.11. The Morgan fingerprint density at radius 1 is 1.05 bits per heavy atom. The molecule has 0 atom stereocenters. The summed E-state index contributed by atoms with van der Waals surface area (Å²) in [6.07, 6.45) is 4.10. The van der Waals surface area contributed by atoms with Gasteiger partial charge in [0.05, 0.1) is 6.61 Å². The smallest absolute Gasteiger partial charge is 0.323 e. The van der Waals surface area contributed by atoms with Gasteiger partial charge in [-0.15, -0.1) is 0 Å². The number of ether oxygens (including phenoxy) is 1. The zero-order valence-electron chi connectivity index (χ0n) is 11.9. The minimum absolute atomic E-state index is 0.633. The van der Waals surface area contributed by atoms with Crippen molar-refractivity contribution in [3.8, 4) is 0 Å². The van der Waals surface area contributed by atoms with Crippen LogP contribution in [0.4, 0.5) is 0 Å². The van der Waals surface area contributed by atoms with E-state index in [1.165, 1.54) is 5.56 Å². The summed E-state index contributed by atoms with van der Waals surface area (Å²) in [6, 6.07) is 11.1. The fourth-order valence-electron chi connectivity index (χ4n) is 1.67. The zero-order valence-corrected chi connectivity index (χ0v) is 13.0. The normalized spacial score (nSPS) is 11.5. The van der Waals surface area contributed by atoms with Gasteiger partial charge >= 0.3 is 9.28 Å². The van der Waals surface area contributed by atoms with Crippen LogP contribution in [0.25, 0.3) is 6.08 Å². The Morgan fingerprint density at radius 2 is 1.74 bits per heavy atom. The van der Waals surface area contributed by atoms with Gasteiger partial charge in [0.25, 0.3) is 0 Å². The van der Waals surface area contributed by atoms with Gasteiger partial charge in [0, 0.05) is 25.9 Å². The maximum absolute atomic E-state index is 5.58. The molecule has 0 spiro atoms. The zero-order chi connectivity index (χ0) is 13.8. The van der Waals surface area contributed by atoms with Crippen LogP contribution in [-0.4, -0.2) is 35.7 Å². The lowest BCUT2D eigenvalue weighted by atomic mass is 10.2. The number of rotatable bonds is 10. The largest absolute Gasteiger partial charge is 0.397 e. The van der Waals surface area contributed by atoms with Gasteiger partial charge in [-0.3, -0.25) is 0 Å². The van der Waals surface area contributed by atoms with Crippen LogP contribution in [0.15, 0.2) is 36.4 Å². The van der Waals surface area contributed by atoms with Crippen molar-refractivity contribution >= 4 is 15.4 Å². The van der Waals surface area contributed by atoms with Gasteiger partial charge in [-0.25, -0.2) is 0 Å². The van der Waals surface area contributed by atoms with Crippen molar-refractivity contribution in [1.29, 1.82) is 0 Å². The van der Waals surface area contributed by atoms with Crippen LogP contribution in [-0.2, 0) is 13.6 Å². The Kier molecular flexibility index (Phi) is 9.27. The van der Waals surface area contributed by atoms with Gasteiger partial charge in [0.2, 0.25) is 0 Å². The molecule has 4 heteroatoms. The summed E-state index contributed by atoms with van der Waals surface area (Å²) < 4.78 is 16.7. The van der Waals surface area contributed by atoms with Crippen molar-refractivity contribution in [2.45, 2.75) is 19.9 Å². The molecular weight excluding hydrogens is 256 g/mol. The molecule has 0 saturated carbocycles. The van der Waals surface area contributed by atoms with Crippen LogP contribution < -0.4 is 0 Å². The van der Waals surface area contributed by atoms with Gasteiger partial charge < -0.3 is 13.6 Å². The molecule has 19 heavy (non-hydrogen) atoms. The first kappa shape index (κ1) is 16.1. The highest BCUT2D eigenvalue weighted by Gasteiger charge is 2.10. The summed E-state index contributed by atoms with van der Waals surface area (Å²) in [7, 11) is -1.49. The summed E-state index contributed by atoms with van der Waals surface area (Å²) in [5.41, 5.74) is 1.20. The van der Waals surface area contributed by atoms with Crippen molar-refractivity contribution in [1.82, 2.24) is 0 Å². The van der Waals surface area contributed by atoms with E-state index in [4.69, 9.17) is 13.6 Å². The highest BCUT2D eigenvalue weighted by Crippen LogP contribution is 2.01. The fraction of sp³-hybridized carbons (Fsp3) is 0.467. The first-order chi connectivity index (χ1) is 9.36. The lowest BCUT2D eigenvalue weighted by Crippen LogP contribution is -2.24. The Morgan fingerprint density at radius 3 is 2.37 bits per heavy atom. The molecule has 0 saturated heterocycles. The predicted octanol–water partition coefficient (Wildman–Crippen LogP) is 3.01. The molecule has 0 N–H and O–H groups in total. The lowest BCUT2D eigenvalue weighted by molar-refractivity contribution is 0.157. The standard InChI is InChI=1S/C15H24O3Si/c1-3-17-19(18-4-2)14-13-16-12-8-11-15-9-6-5-7-10-15/h5-11,19H,3-4,12-14H2,1-2H3. The molecule has 0 heterocycles. The predicted molar refractivity (Wildman–Crippen MR) is 81.5 cm³/mol. The SMILES string of the molecule is CCO[SiH](CCOCC=Cc1ccccc1)OCC. The van der Waals surface area contributed by atoms with E-state index in [0.29, 0.717) is 13.2 Å². The first-order valence-corrected chi connectivity index (χ1v) is 8.65. The van der Waals surface area contributed by atoms with E-state index >= 15 is 0 Å². The third-order valence-corrected chi connectivity index (χ3v) is 4.64. The summed E-state index contributed by atoms with van der Waals surface area (Å²) >= 11 is 0. The van der Waals surface area contributed by atoms with Crippen molar-refractivity contribution in [2.75, 3.05) is 26.4 Å². The maximum atomic E-state index is 5.58. The molecule has 0 aliphatic heterocycles. The monoisotopic (exact) mass is 280 g/mol. The Bertz CT molecular complexity index is 335. The van der Waals surface area contributed by atoms with E-state index < -0.39 is 9.28 Å². The molecule has 0 aliphatic rings. The Labute approximate surface area is 118 Å². The van der Waals surface area contributed by atoms with E-state index in [-0.39, 0.29) is 0 Å². The average molecular weight is 280 g/mol. The number of hydrogen-bond acceptors (Lipinski definition) is 3. The maximum Gasteiger partial charge on any atom is 0.323 e. The van der Waals surface area contributed by atoms with E-state index in [1.54, 1.807) is 0 Å². The molecule has 0 aromatic heterocycles. The van der Waals surface area contributed by atoms with Crippen LogP contribution in [0.3, 0.4) is 0 Å². The molecule has 3 nitrogen and oxygen atoms in total. The van der Waals surface area contributed by atoms with E-state index in [2.05, 4.69) is 18.2 Å².